The Hall–Kier alpha value is -1.77. The largest absolute Gasteiger partial charge is 0.504 e. The molecule has 0 radical (unpaired) electrons. The van der Waals surface area contributed by atoms with Crippen LogP contribution in [-0.4, -0.2) is 16.0 Å². The van der Waals surface area contributed by atoms with Crippen LogP contribution in [0.1, 0.15) is 101 Å². The van der Waals surface area contributed by atoms with E-state index in [2.05, 4.69) is 40.7 Å². The number of fused-ring (bicyclic) bond motifs is 7. The van der Waals surface area contributed by atoms with Gasteiger partial charge in [-0.25, -0.2) is 0 Å². The molecule has 0 aliphatic heterocycles. The molecule has 3 nitrogen and oxygen atoms in total. The lowest BCUT2D eigenvalue weighted by Gasteiger charge is -2.70. The number of carbonyl (C=O) groups excluding carboxylic acids is 1. The summed E-state index contributed by atoms with van der Waals surface area (Å²) in [5, 5.41) is 20.8. The SMILES string of the molecule is CC1=CCC2(C)CCC3(C)C4CC(=O)c5c(cc(O)c(O)c5C)C4(C)CCC3(C)C2C1. The van der Waals surface area contributed by atoms with Gasteiger partial charge in [0.05, 0.1) is 0 Å². The van der Waals surface area contributed by atoms with Gasteiger partial charge in [0.2, 0.25) is 0 Å². The maximum atomic E-state index is 13.5. The van der Waals surface area contributed by atoms with Gasteiger partial charge in [-0.05, 0) is 97.5 Å². The molecule has 6 atom stereocenters. The van der Waals surface area contributed by atoms with E-state index in [1.807, 2.05) is 0 Å². The Morgan fingerprint density at radius 3 is 2.26 bits per heavy atom. The molecule has 0 saturated heterocycles. The predicted octanol–water partition coefficient (Wildman–Crippen LogP) is 6.83. The van der Waals surface area contributed by atoms with Gasteiger partial charge in [-0.3, -0.25) is 4.79 Å². The normalized spacial score (nSPS) is 43.9. The average molecular weight is 423 g/mol. The first-order valence-electron chi connectivity index (χ1n) is 12.1. The Bertz CT molecular complexity index is 1020. The maximum absolute atomic E-state index is 13.5. The fraction of sp³-hybridized carbons (Fsp3) is 0.679. The van der Waals surface area contributed by atoms with Gasteiger partial charge in [0, 0.05) is 17.5 Å². The third-order valence-electron chi connectivity index (χ3n) is 11.1. The van der Waals surface area contributed by atoms with Crippen LogP contribution in [0, 0.1) is 35.0 Å². The second-order valence-corrected chi connectivity index (χ2v) is 12.4. The summed E-state index contributed by atoms with van der Waals surface area (Å²) >= 11 is 0. The van der Waals surface area contributed by atoms with Gasteiger partial charge < -0.3 is 10.2 Å². The van der Waals surface area contributed by atoms with Crippen molar-refractivity contribution in [2.24, 2.45) is 28.1 Å². The van der Waals surface area contributed by atoms with Crippen LogP contribution in [-0.2, 0) is 5.41 Å². The molecule has 3 heteroatoms. The van der Waals surface area contributed by atoms with Gasteiger partial charge in [-0.2, -0.15) is 0 Å². The monoisotopic (exact) mass is 422 g/mol. The van der Waals surface area contributed by atoms with Crippen molar-refractivity contribution in [1.82, 2.24) is 0 Å². The Morgan fingerprint density at radius 2 is 1.55 bits per heavy atom. The van der Waals surface area contributed by atoms with Crippen molar-refractivity contribution in [3.63, 3.8) is 0 Å². The Kier molecular flexibility index (Phi) is 4.20. The molecule has 2 N–H and O–H groups in total. The zero-order chi connectivity index (χ0) is 22.6. The summed E-state index contributed by atoms with van der Waals surface area (Å²) in [6.45, 7) is 13.9. The van der Waals surface area contributed by atoms with Crippen LogP contribution in [0.15, 0.2) is 17.7 Å². The summed E-state index contributed by atoms with van der Waals surface area (Å²) in [5.74, 6) is 0.828. The van der Waals surface area contributed by atoms with E-state index < -0.39 is 0 Å². The van der Waals surface area contributed by atoms with Crippen LogP contribution < -0.4 is 0 Å². The highest BCUT2D eigenvalue weighted by molar-refractivity contribution is 6.02. The van der Waals surface area contributed by atoms with Crippen molar-refractivity contribution in [2.45, 2.75) is 91.9 Å². The first-order valence-corrected chi connectivity index (χ1v) is 12.1. The van der Waals surface area contributed by atoms with Gasteiger partial charge in [-0.15, -0.1) is 0 Å². The topological polar surface area (TPSA) is 57.5 Å². The second-order valence-electron chi connectivity index (χ2n) is 12.4. The standard InChI is InChI=1S/C28H38O3/c1-16-7-8-25(3)9-11-28(6)22-15-19(29)23-17(2)24(31)20(30)14-18(23)26(22,4)10-12-27(28,5)21(25)13-16/h7,14,21-22,30-31H,8-13,15H2,1-6H3. The molecule has 2 fully saturated rings. The zero-order valence-electron chi connectivity index (χ0n) is 20.1. The number of benzene rings is 1. The molecule has 4 aliphatic rings. The molecular weight excluding hydrogens is 384 g/mol. The smallest absolute Gasteiger partial charge is 0.163 e. The van der Waals surface area contributed by atoms with Crippen LogP contribution in [0.5, 0.6) is 11.5 Å². The third kappa shape index (κ3) is 2.44. The van der Waals surface area contributed by atoms with Gasteiger partial charge >= 0.3 is 0 Å². The van der Waals surface area contributed by atoms with Crippen molar-refractivity contribution in [2.75, 3.05) is 0 Å². The third-order valence-corrected chi connectivity index (χ3v) is 11.1. The molecule has 4 aliphatic carbocycles. The molecule has 1 aromatic rings. The number of aromatic hydroxyl groups is 2. The molecule has 6 unspecified atom stereocenters. The molecule has 0 amide bonds. The molecule has 0 spiro atoms. The van der Waals surface area contributed by atoms with E-state index in [4.69, 9.17) is 0 Å². The Labute approximate surface area is 186 Å². The van der Waals surface area contributed by atoms with E-state index in [1.54, 1.807) is 13.0 Å². The fourth-order valence-electron chi connectivity index (χ4n) is 8.79. The lowest BCUT2D eigenvalue weighted by atomic mass is 9.33. The van der Waals surface area contributed by atoms with Crippen molar-refractivity contribution >= 4 is 5.78 Å². The minimum Gasteiger partial charge on any atom is -0.504 e. The number of phenols is 2. The van der Waals surface area contributed by atoms with Crippen molar-refractivity contribution < 1.29 is 15.0 Å². The van der Waals surface area contributed by atoms with Crippen LogP contribution in [0.3, 0.4) is 0 Å². The number of Topliss-reactive ketones (excluding diaryl/α,β-unsaturated/α-hetero) is 1. The molecule has 31 heavy (non-hydrogen) atoms. The molecule has 0 bridgehead atoms. The van der Waals surface area contributed by atoms with E-state index in [0.717, 1.165) is 24.8 Å². The number of hydrogen-bond acceptors (Lipinski definition) is 3. The summed E-state index contributed by atoms with van der Waals surface area (Å²) in [5.41, 5.74) is 4.20. The Balaban J connectivity index is 1.67. The first-order chi connectivity index (χ1) is 14.4. The molecular formula is C28H38O3. The maximum Gasteiger partial charge on any atom is 0.163 e. The van der Waals surface area contributed by atoms with E-state index in [9.17, 15) is 15.0 Å². The number of allylic oxidation sites excluding steroid dienone is 2. The second kappa shape index (κ2) is 6.17. The average Bonchev–Trinajstić information content (AvgIpc) is 2.71. The highest BCUT2D eigenvalue weighted by Gasteiger charge is 2.67. The first kappa shape index (κ1) is 21.1. The molecule has 5 rings (SSSR count). The zero-order valence-corrected chi connectivity index (χ0v) is 20.1. The van der Waals surface area contributed by atoms with Crippen molar-refractivity contribution in [3.05, 3.63) is 34.4 Å². The van der Waals surface area contributed by atoms with Gasteiger partial charge in [0.1, 0.15) is 0 Å². The summed E-state index contributed by atoms with van der Waals surface area (Å²) in [4.78, 5) is 13.5. The highest BCUT2D eigenvalue weighted by atomic mass is 16.3. The summed E-state index contributed by atoms with van der Waals surface area (Å²) in [7, 11) is 0. The van der Waals surface area contributed by atoms with E-state index >= 15 is 0 Å². The molecule has 1 aromatic carbocycles. The van der Waals surface area contributed by atoms with Crippen LogP contribution in [0.25, 0.3) is 0 Å². The van der Waals surface area contributed by atoms with Gasteiger partial charge in [0.25, 0.3) is 0 Å². The minimum atomic E-state index is -0.152. The molecule has 168 valence electrons. The van der Waals surface area contributed by atoms with Crippen molar-refractivity contribution in [3.8, 4) is 11.5 Å². The van der Waals surface area contributed by atoms with Crippen LogP contribution in [0.2, 0.25) is 0 Å². The van der Waals surface area contributed by atoms with E-state index in [1.165, 1.54) is 24.8 Å². The summed E-state index contributed by atoms with van der Waals surface area (Å²) in [6, 6.07) is 1.70. The van der Waals surface area contributed by atoms with E-state index in [-0.39, 0.29) is 39.4 Å². The molecule has 0 heterocycles. The molecule has 0 aromatic heterocycles. The fourth-order valence-corrected chi connectivity index (χ4v) is 8.79. The quantitative estimate of drug-likeness (QED) is 0.356. The van der Waals surface area contributed by atoms with Crippen LogP contribution >= 0.6 is 0 Å². The highest BCUT2D eigenvalue weighted by Crippen LogP contribution is 2.74. The lowest BCUT2D eigenvalue weighted by Crippen LogP contribution is -2.64. The number of phenolic OH excluding ortho intramolecular Hbond substituents is 2. The van der Waals surface area contributed by atoms with Crippen LogP contribution in [0.4, 0.5) is 0 Å². The minimum absolute atomic E-state index is 0.0799. The van der Waals surface area contributed by atoms with Gasteiger partial charge in [0.15, 0.2) is 17.3 Å². The van der Waals surface area contributed by atoms with E-state index in [0.29, 0.717) is 28.9 Å². The summed E-state index contributed by atoms with van der Waals surface area (Å²) < 4.78 is 0. The Morgan fingerprint density at radius 1 is 0.903 bits per heavy atom. The predicted molar refractivity (Wildman–Crippen MR) is 124 cm³/mol. The van der Waals surface area contributed by atoms with Gasteiger partial charge in [-0.1, -0.05) is 39.3 Å². The number of carbonyl (C=O) groups is 1. The molecule has 2 saturated carbocycles. The number of rotatable bonds is 0. The van der Waals surface area contributed by atoms with Crippen molar-refractivity contribution in [1.29, 1.82) is 0 Å². The lowest BCUT2D eigenvalue weighted by molar-refractivity contribution is -0.186. The number of ketones is 1. The number of hydrogen-bond donors (Lipinski definition) is 2. The summed E-state index contributed by atoms with van der Waals surface area (Å²) in [6.07, 6.45) is 9.96.